The van der Waals surface area contributed by atoms with Crippen LogP contribution in [0.5, 0.6) is 0 Å². The van der Waals surface area contributed by atoms with Crippen LogP contribution in [0.4, 0.5) is 41.7 Å². The number of hydrogen-bond donors (Lipinski definition) is 5. The molecule has 3 aliphatic rings. The van der Waals surface area contributed by atoms with Gasteiger partial charge in [0.1, 0.15) is 29.5 Å². The van der Waals surface area contributed by atoms with E-state index >= 15 is 8.78 Å². The second-order valence-corrected chi connectivity index (χ2v) is 20.5. The van der Waals surface area contributed by atoms with E-state index in [2.05, 4.69) is 57.1 Å². The molecule has 2 unspecified atom stereocenters. The van der Waals surface area contributed by atoms with Crippen molar-refractivity contribution in [3.63, 3.8) is 0 Å². The van der Waals surface area contributed by atoms with Gasteiger partial charge in [0.05, 0.1) is 57.7 Å². The molecule has 2 aromatic heterocycles. The topological polar surface area (TPSA) is 213 Å². The number of carbonyl (C=O) groups is 4. The molecular weight excluding hydrogens is 1020 g/mol. The zero-order valence-corrected chi connectivity index (χ0v) is 43.3. The Morgan fingerprint density at radius 3 is 1.94 bits per heavy atom. The Morgan fingerprint density at radius 2 is 1.40 bits per heavy atom. The lowest BCUT2D eigenvalue weighted by Gasteiger charge is -2.47. The number of piperazine rings is 1. The second-order valence-electron chi connectivity index (χ2n) is 20.5. The van der Waals surface area contributed by atoms with Crippen molar-refractivity contribution >= 4 is 29.8 Å². The molecule has 4 amide bonds. The summed E-state index contributed by atoms with van der Waals surface area (Å²) in [5.41, 5.74) is -1.32. The largest absolute Gasteiger partial charge is 0.453 e. The summed E-state index contributed by atoms with van der Waals surface area (Å²) in [4.78, 5) is 70.6. The molecule has 4 aromatic rings. The predicted octanol–water partition coefficient (Wildman–Crippen LogP) is 5.22. The Kier molecular flexibility index (Phi) is 18.3. The normalized spacial score (nSPS) is 18.4. The maximum absolute atomic E-state index is 16.0. The van der Waals surface area contributed by atoms with Crippen LogP contribution in [-0.2, 0) is 36.8 Å². The van der Waals surface area contributed by atoms with Gasteiger partial charge in [0, 0.05) is 84.5 Å². The SMILES string of the molecule is COC(=O)N[C@H](C(=O)NN(Cc1c(F)cc(-c2ncccn2)cc1F)C[C@H](O)[C@H](Cc1ccc(C#Cc2ccc(N3CC4CCC(C3)N4C3COC3)nc2)cc1)NC(=O)[C@@H](NC(=O)OC)C(C)(C)C(F)(F)F)C(C)(C)CF. The number of methoxy groups -OCH3 is 2. The smallest absolute Gasteiger partial charge is 0.407 e. The number of nitrogens with zero attached hydrogens (tertiary/aromatic N) is 6. The Morgan fingerprint density at radius 1 is 0.818 bits per heavy atom. The van der Waals surface area contributed by atoms with Gasteiger partial charge in [0.2, 0.25) is 5.91 Å². The number of hydrogen-bond acceptors (Lipinski definition) is 14. The van der Waals surface area contributed by atoms with Gasteiger partial charge >= 0.3 is 18.4 Å². The van der Waals surface area contributed by atoms with Gasteiger partial charge in [-0.15, -0.1) is 0 Å². The van der Waals surface area contributed by atoms with Crippen LogP contribution in [0.15, 0.2) is 73.2 Å². The van der Waals surface area contributed by atoms with Crippen molar-refractivity contribution in [2.24, 2.45) is 10.8 Å². The number of benzene rings is 2. The maximum atomic E-state index is 16.0. The van der Waals surface area contributed by atoms with E-state index in [1.165, 1.54) is 32.3 Å². The fraction of sp³-hybridized carbons (Fsp3) is 0.491. The quantitative estimate of drug-likeness (QED) is 0.0463. The molecule has 2 aromatic carbocycles. The summed E-state index contributed by atoms with van der Waals surface area (Å²) in [6, 6.07) is 9.37. The number of hydrazine groups is 1. The zero-order valence-electron chi connectivity index (χ0n) is 43.3. The predicted molar refractivity (Wildman–Crippen MR) is 268 cm³/mol. The van der Waals surface area contributed by atoms with Crippen LogP contribution in [0.25, 0.3) is 11.4 Å². The van der Waals surface area contributed by atoms with Crippen LogP contribution in [0.3, 0.4) is 0 Å². The number of nitrogens with one attached hydrogen (secondary N) is 4. The van der Waals surface area contributed by atoms with Crippen LogP contribution >= 0.6 is 0 Å². The van der Waals surface area contributed by atoms with Gasteiger partial charge in [0.15, 0.2) is 5.82 Å². The van der Waals surface area contributed by atoms with Crippen LogP contribution in [0.1, 0.15) is 62.8 Å². The molecule has 5 heterocycles. The molecule has 0 saturated carbocycles. The first-order valence-electron chi connectivity index (χ1n) is 24.8. The van der Waals surface area contributed by atoms with E-state index in [0.717, 1.165) is 76.3 Å². The van der Waals surface area contributed by atoms with Crippen LogP contribution < -0.4 is 26.3 Å². The van der Waals surface area contributed by atoms with Crippen molar-refractivity contribution < 1.29 is 64.8 Å². The Hall–Kier alpha value is -7.07. The van der Waals surface area contributed by atoms with E-state index in [1.54, 1.807) is 30.5 Å². The zero-order chi connectivity index (χ0) is 55.8. The van der Waals surface area contributed by atoms with Crippen LogP contribution in [0.2, 0.25) is 0 Å². The van der Waals surface area contributed by atoms with E-state index < -0.39 is 102 Å². The number of rotatable bonds is 19. The molecule has 77 heavy (non-hydrogen) atoms. The lowest BCUT2D eigenvalue weighted by atomic mass is 9.82. The number of fused-ring (bicyclic) bond motifs is 2. The molecule has 3 fully saturated rings. The standard InChI is InChI=1S/C53H62F6N10O8/c1-51(2,30-54)44(64-49(73)75-5)48(72)66-68(26-38-39(55)21-34(22-40(38)56)46-60-18-7-19-61-46)27-42(70)41(63-47(71)45(65-50(74)76-6)52(3,4)53(57,58)59)20-32-11-8-31(9-12-32)10-13-33-14-17-43(62-23-33)67-24-35-15-16-36(25-67)69(35)37-28-77-29-37/h7-9,11-12,14,17-19,21-23,35-37,41-42,44-45,70H,15-16,20,24-30H2,1-6H3,(H,63,71)(H,64,73)(H,65,74)(H,66,72)/t35?,36?,41-,42-,44+,45+/m0/s1. The summed E-state index contributed by atoms with van der Waals surface area (Å²) in [6.45, 7) is 4.38. The van der Waals surface area contributed by atoms with Gasteiger partial charge in [-0.1, -0.05) is 37.8 Å². The van der Waals surface area contributed by atoms with E-state index in [1.807, 2.05) is 17.4 Å². The molecule has 24 heteroatoms. The number of pyridine rings is 1. The molecule has 3 saturated heterocycles. The molecule has 2 bridgehead atoms. The Bertz CT molecular complexity index is 2740. The molecule has 5 N–H and O–H groups in total. The van der Waals surface area contributed by atoms with Crippen LogP contribution in [0, 0.1) is 34.3 Å². The number of halogens is 6. The summed E-state index contributed by atoms with van der Waals surface area (Å²) in [7, 11) is 1.88. The van der Waals surface area contributed by atoms with Crippen molar-refractivity contribution in [2.75, 3.05) is 58.6 Å². The fourth-order valence-electron chi connectivity index (χ4n) is 9.46. The highest BCUT2D eigenvalue weighted by atomic mass is 19.4. The first-order chi connectivity index (χ1) is 36.5. The second kappa shape index (κ2) is 24.5. The van der Waals surface area contributed by atoms with E-state index in [0.29, 0.717) is 48.7 Å². The number of alkyl carbamates (subject to hydrolysis) is 2. The van der Waals surface area contributed by atoms with Crippen molar-refractivity contribution in [3.05, 3.63) is 107 Å². The number of aromatic nitrogens is 3. The number of amides is 4. The van der Waals surface area contributed by atoms with Crippen molar-refractivity contribution in [1.82, 2.24) is 46.2 Å². The molecule has 0 aliphatic carbocycles. The Labute approximate surface area is 441 Å². The minimum atomic E-state index is -5.08. The average Bonchev–Trinajstić information content (AvgIpc) is 3.64. The Balaban J connectivity index is 1.16. The summed E-state index contributed by atoms with van der Waals surface area (Å²) in [5, 5.41) is 19.5. The molecule has 18 nitrogen and oxygen atoms in total. The highest BCUT2D eigenvalue weighted by molar-refractivity contribution is 5.87. The number of ether oxygens (including phenoxy) is 3. The molecule has 414 valence electrons. The highest BCUT2D eigenvalue weighted by Crippen LogP contribution is 2.41. The van der Waals surface area contributed by atoms with Crippen molar-refractivity contribution in [3.8, 4) is 23.2 Å². The van der Waals surface area contributed by atoms with Crippen molar-refractivity contribution in [2.45, 2.75) is 102 Å². The van der Waals surface area contributed by atoms with Gasteiger partial charge < -0.3 is 40.2 Å². The number of anilines is 1. The number of aliphatic hydroxyl groups excluding tert-OH is 1. The van der Waals surface area contributed by atoms with E-state index in [-0.39, 0.29) is 17.8 Å². The molecule has 0 spiro atoms. The minimum Gasteiger partial charge on any atom is -0.453 e. The first-order valence-corrected chi connectivity index (χ1v) is 24.8. The third kappa shape index (κ3) is 13.9. The van der Waals surface area contributed by atoms with Gasteiger partial charge in [-0.2, -0.15) is 13.2 Å². The third-order valence-corrected chi connectivity index (χ3v) is 14.2. The maximum Gasteiger partial charge on any atom is 0.407 e. The number of alkyl halides is 4. The summed E-state index contributed by atoms with van der Waals surface area (Å²) < 4.78 is 105. The van der Waals surface area contributed by atoms with Crippen LogP contribution in [-0.4, -0.2) is 156 Å². The highest BCUT2D eigenvalue weighted by Gasteiger charge is 2.56. The molecule has 3 aliphatic heterocycles. The molecular formula is C53H62F6N10O8. The van der Waals surface area contributed by atoms with Crippen molar-refractivity contribution in [1.29, 1.82) is 0 Å². The number of aliphatic hydroxyl groups is 1. The summed E-state index contributed by atoms with van der Waals surface area (Å²) in [6.07, 6.45) is -3.17. The molecule has 0 radical (unpaired) electrons. The molecule has 6 atom stereocenters. The third-order valence-electron chi connectivity index (χ3n) is 14.2. The van der Waals surface area contributed by atoms with Gasteiger partial charge in [-0.3, -0.25) is 24.3 Å². The van der Waals surface area contributed by atoms with E-state index in [4.69, 9.17) is 9.72 Å². The van der Waals surface area contributed by atoms with Gasteiger partial charge in [-0.05, 0) is 81.1 Å². The molecule has 7 rings (SSSR count). The fourth-order valence-corrected chi connectivity index (χ4v) is 9.46. The summed E-state index contributed by atoms with van der Waals surface area (Å²) in [5.74, 6) is 2.14. The van der Waals surface area contributed by atoms with Gasteiger partial charge in [0.25, 0.3) is 5.91 Å². The average molecular weight is 1080 g/mol. The number of carbonyl (C=O) groups excluding carboxylic acids is 4. The monoisotopic (exact) mass is 1080 g/mol. The first kappa shape index (κ1) is 57.6. The lowest BCUT2D eigenvalue weighted by Crippen LogP contribution is -2.63. The minimum absolute atomic E-state index is 0.0241. The lowest BCUT2D eigenvalue weighted by molar-refractivity contribution is -0.220. The van der Waals surface area contributed by atoms with Gasteiger partial charge in [-0.25, -0.2) is 38.3 Å². The summed E-state index contributed by atoms with van der Waals surface area (Å²) >= 11 is 0. The van der Waals surface area contributed by atoms with E-state index in [9.17, 15) is 41.8 Å².